The van der Waals surface area contributed by atoms with E-state index in [2.05, 4.69) is 15.9 Å². The molecule has 0 spiro atoms. The van der Waals surface area contributed by atoms with E-state index in [4.69, 9.17) is 4.74 Å². The fourth-order valence-electron chi connectivity index (χ4n) is 2.32. The first kappa shape index (κ1) is 14.3. The molecule has 2 atom stereocenters. The average Bonchev–Trinajstić information content (AvgIpc) is 2.40. The van der Waals surface area contributed by atoms with Crippen molar-refractivity contribution in [3.05, 3.63) is 29.3 Å². The van der Waals surface area contributed by atoms with Crippen LogP contribution in [0.5, 0.6) is 5.75 Å². The van der Waals surface area contributed by atoms with Gasteiger partial charge in [-0.05, 0) is 26.0 Å². The van der Waals surface area contributed by atoms with Crippen LogP contribution >= 0.6 is 15.9 Å². The molecule has 2 rings (SSSR count). The number of morpholine rings is 1. The van der Waals surface area contributed by atoms with Crippen molar-refractivity contribution in [2.24, 2.45) is 0 Å². The topological polar surface area (TPSA) is 49.8 Å². The van der Waals surface area contributed by atoms with Gasteiger partial charge in [0, 0.05) is 29.5 Å². The molecule has 0 radical (unpaired) electrons. The summed E-state index contributed by atoms with van der Waals surface area (Å²) in [6.45, 7) is 4.87. The summed E-state index contributed by atoms with van der Waals surface area (Å²) in [5, 5.41) is 10.4. The Hall–Kier alpha value is -1.07. The van der Waals surface area contributed by atoms with Crippen LogP contribution in [0.1, 0.15) is 22.8 Å². The summed E-state index contributed by atoms with van der Waals surface area (Å²) < 4.78 is 5.72. The van der Waals surface area contributed by atoms with E-state index in [-0.39, 0.29) is 23.9 Å². The van der Waals surface area contributed by atoms with E-state index in [1.54, 1.807) is 30.0 Å². The predicted octanol–water partition coefficient (Wildman–Crippen LogP) is 2.33. The van der Waals surface area contributed by atoms with Gasteiger partial charge in [0.1, 0.15) is 5.75 Å². The second kappa shape index (κ2) is 5.92. The summed E-state index contributed by atoms with van der Waals surface area (Å²) in [5.41, 5.74) is 1.18. The van der Waals surface area contributed by atoms with Gasteiger partial charge in [0.05, 0.1) is 12.2 Å². The monoisotopic (exact) mass is 327 g/mol. The summed E-state index contributed by atoms with van der Waals surface area (Å²) in [4.78, 5) is 14.3. The molecule has 1 aromatic carbocycles. The van der Waals surface area contributed by atoms with Crippen LogP contribution in [0.3, 0.4) is 0 Å². The van der Waals surface area contributed by atoms with E-state index in [9.17, 15) is 9.90 Å². The predicted molar refractivity (Wildman–Crippen MR) is 76.9 cm³/mol. The van der Waals surface area contributed by atoms with Crippen LogP contribution in [-0.2, 0) is 4.74 Å². The normalized spacial score (nSPS) is 23.4. The molecule has 1 saturated heterocycles. The van der Waals surface area contributed by atoms with Gasteiger partial charge in [0.15, 0.2) is 0 Å². The zero-order valence-corrected chi connectivity index (χ0v) is 12.7. The maximum absolute atomic E-state index is 12.5. The molecule has 1 fully saturated rings. The Labute approximate surface area is 121 Å². The van der Waals surface area contributed by atoms with Crippen LogP contribution in [0, 0.1) is 6.92 Å². The van der Waals surface area contributed by atoms with Gasteiger partial charge in [-0.2, -0.15) is 0 Å². The van der Waals surface area contributed by atoms with Crippen molar-refractivity contribution in [2.45, 2.75) is 26.1 Å². The third kappa shape index (κ3) is 3.09. The number of rotatable bonds is 2. The van der Waals surface area contributed by atoms with Gasteiger partial charge in [0.2, 0.25) is 0 Å². The van der Waals surface area contributed by atoms with Gasteiger partial charge in [-0.3, -0.25) is 4.79 Å². The fraction of sp³-hybridized carbons (Fsp3) is 0.500. The summed E-state index contributed by atoms with van der Waals surface area (Å²) in [7, 11) is 0. The number of carbonyl (C=O) groups excluding carboxylic acids is 1. The van der Waals surface area contributed by atoms with Gasteiger partial charge in [-0.1, -0.05) is 22.0 Å². The fourth-order valence-corrected chi connectivity index (χ4v) is 2.68. The summed E-state index contributed by atoms with van der Waals surface area (Å²) >= 11 is 3.39. The molecular formula is C14H18BrNO3. The Morgan fingerprint density at radius 3 is 2.95 bits per heavy atom. The summed E-state index contributed by atoms with van der Waals surface area (Å²) in [6, 6.07) is 5.04. The average molecular weight is 328 g/mol. The highest BCUT2D eigenvalue weighted by Gasteiger charge is 2.29. The van der Waals surface area contributed by atoms with Crippen LogP contribution in [0.15, 0.2) is 18.2 Å². The number of phenolic OH excluding ortho intramolecular Hbond substituents is 1. The molecule has 19 heavy (non-hydrogen) atoms. The smallest absolute Gasteiger partial charge is 0.254 e. The standard InChI is InChI=1S/C14H18BrNO3/c1-9-7-16(8-11(6-15)19-9)14(18)12-4-3-5-13(17)10(12)2/h3-5,9,11,17H,6-8H2,1-2H3. The van der Waals surface area contributed by atoms with E-state index < -0.39 is 0 Å². The molecule has 4 nitrogen and oxygen atoms in total. The number of ether oxygens (including phenoxy) is 1. The van der Waals surface area contributed by atoms with Crippen molar-refractivity contribution in [2.75, 3.05) is 18.4 Å². The lowest BCUT2D eigenvalue weighted by Crippen LogP contribution is -2.49. The van der Waals surface area contributed by atoms with Crippen molar-refractivity contribution < 1.29 is 14.6 Å². The second-order valence-corrected chi connectivity index (χ2v) is 5.53. The van der Waals surface area contributed by atoms with Gasteiger partial charge in [-0.25, -0.2) is 0 Å². The molecule has 2 unspecified atom stereocenters. The number of nitrogens with zero attached hydrogens (tertiary/aromatic N) is 1. The van der Waals surface area contributed by atoms with Gasteiger partial charge >= 0.3 is 0 Å². The largest absolute Gasteiger partial charge is 0.508 e. The Morgan fingerprint density at radius 2 is 2.26 bits per heavy atom. The molecule has 5 heteroatoms. The molecular weight excluding hydrogens is 310 g/mol. The quantitative estimate of drug-likeness (QED) is 0.848. The summed E-state index contributed by atoms with van der Waals surface area (Å²) in [6.07, 6.45) is 0.0446. The van der Waals surface area contributed by atoms with E-state index >= 15 is 0 Å². The first-order chi connectivity index (χ1) is 9.02. The Balaban J connectivity index is 2.21. The van der Waals surface area contributed by atoms with Crippen molar-refractivity contribution in [1.29, 1.82) is 0 Å². The van der Waals surface area contributed by atoms with Crippen molar-refractivity contribution >= 4 is 21.8 Å². The molecule has 1 aliphatic rings. The number of alkyl halides is 1. The van der Waals surface area contributed by atoms with Gasteiger partial charge in [0.25, 0.3) is 5.91 Å². The second-order valence-electron chi connectivity index (χ2n) is 4.88. The van der Waals surface area contributed by atoms with Gasteiger partial charge < -0.3 is 14.7 Å². The number of halogens is 1. The molecule has 0 bridgehead atoms. The lowest BCUT2D eigenvalue weighted by atomic mass is 10.1. The van der Waals surface area contributed by atoms with Crippen molar-refractivity contribution in [3.63, 3.8) is 0 Å². The number of phenols is 1. The molecule has 1 aromatic rings. The minimum absolute atomic E-state index is 0.0188. The molecule has 1 aliphatic heterocycles. The van der Waals surface area contributed by atoms with E-state index in [1.165, 1.54) is 0 Å². The summed E-state index contributed by atoms with van der Waals surface area (Å²) in [5.74, 6) is 0.110. The third-order valence-corrected chi connectivity index (χ3v) is 4.04. The molecule has 1 N–H and O–H groups in total. The number of amides is 1. The third-order valence-electron chi connectivity index (χ3n) is 3.32. The van der Waals surface area contributed by atoms with Crippen LogP contribution in [0.4, 0.5) is 0 Å². The molecule has 0 saturated carbocycles. The minimum Gasteiger partial charge on any atom is -0.508 e. The first-order valence-corrected chi connectivity index (χ1v) is 7.44. The highest BCUT2D eigenvalue weighted by Crippen LogP contribution is 2.23. The Morgan fingerprint density at radius 1 is 1.53 bits per heavy atom. The van der Waals surface area contributed by atoms with Crippen LogP contribution in [-0.4, -0.2) is 46.5 Å². The van der Waals surface area contributed by atoms with Crippen LogP contribution in [0.2, 0.25) is 0 Å². The lowest BCUT2D eigenvalue weighted by Gasteiger charge is -2.36. The number of aromatic hydroxyl groups is 1. The van der Waals surface area contributed by atoms with Crippen LogP contribution in [0.25, 0.3) is 0 Å². The molecule has 1 heterocycles. The minimum atomic E-state index is -0.0468. The molecule has 104 valence electrons. The number of hydrogen-bond acceptors (Lipinski definition) is 3. The Kier molecular flexibility index (Phi) is 4.47. The van der Waals surface area contributed by atoms with Gasteiger partial charge in [-0.15, -0.1) is 0 Å². The SMILES string of the molecule is Cc1c(O)cccc1C(=O)N1CC(C)OC(CBr)C1. The number of hydrogen-bond donors (Lipinski definition) is 1. The maximum Gasteiger partial charge on any atom is 0.254 e. The lowest BCUT2D eigenvalue weighted by molar-refractivity contribution is -0.0559. The molecule has 0 aliphatic carbocycles. The van der Waals surface area contributed by atoms with E-state index in [1.807, 2.05) is 6.92 Å². The van der Waals surface area contributed by atoms with E-state index in [0.717, 1.165) is 0 Å². The highest BCUT2D eigenvalue weighted by atomic mass is 79.9. The van der Waals surface area contributed by atoms with Crippen molar-refractivity contribution in [3.8, 4) is 5.75 Å². The number of carbonyl (C=O) groups is 1. The number of benzene rings is 1. The molecule has 1 amide bonds. The maximum atomic E-state index is 12.5. The highest BCUT2D eigenvalue weighted by molar-refractivity contribution is 9.09. The molecule has 0 aromatic heterocycles. The van der Waals surface area contributed by atoms with E-state index in [0.29, 0.717) is 29.5 Å². The Bertz CT molecular complexity index is 478. The first-order valence-electron chi connectivity index (χ1n) is 6.32. The van der Waals surface area contributed by atoms with Crippen LogP contribution < -0.4 is 0 Å². The zero-order chi connectivity index (χ0) is 14.0. The van der Waals surface area contributed by atoms with Crippen molar-refractivity contribution in [1.82, 2.24) is 4.90 Å². The zero-order valence-electron chi connectivity index (χ0n) is 11.1.